The van der Waals surface area contributed by atoms with E-state index in [1.807, 2.05) is 60.7 Å². The highest BCUT2D eigenvalue weighted by molar-refractivity contribution is 5.94. The van der Waals surface area contributed by atoms with Crippen LogP contribution in [0.3, 0.4) is 0 Å². The van der Waals surface area contributed by atoms with Gasteiger partial charge in [-0.05, 0) is 58.3 Å². The van der Waals surface area contributed by atoms with Crippen molar-refractivity contribution >= 4 is 22.9 Å². The summed E-state index contributed by atoms with van der Waals surface area (Å²) in [6.07, 6.45) is 1.61. The number of carbonyl (C=O) groups is 1. The van der Waals surface area contributed by atoms with E-state index in [1.165, 1.54) is 10.8 Å². The molecule has 0 bridgehead atoms. The molecule has 4 aromatic rings. The standard InChI is InChI=1S/C25H20N2O2/c28-25(21-8-2-1-3-9-21)27-26-17-19-13-15-23(16-14-19)29-18-22-11-6-10-20-7-4-5-12-24(20)22/h1-17H,18H2,(H,27,28)/b26-17-. The second kappa shape index (κ2) is 8.85. The minimum Gasteiger partial charge on any atom is -0.489 e. The highest BCUT2D eigenvalue weighted by atomic mass is 16.5. The van der Waals surface area contributed by atoms with Gasteiger partial charge in [-0.1, -0.05) is 60.7 Å². The normalized spacial score (nSPS) is 10.9. The van der Waals surface area contributed by atoms with Crippen LogP contribution in [0.5, 0.6) is 5.75 Å². The first kappa shape index (κ1) is 18.4. The fourth-order valence-electron chi connectivity index (χ4n) is 3.05. The van der Waals surface area contributed by atoms with Crippen LogP contribution >= 0.6 is 0 Å². The maximum absolute atomic E-state index is 12.0. The van der Waals surface area contributed by atoms with Crippen molar-refractivity contribution in [3.05, 3.63) is 114 Å². The topological polar surface area (TPSA) is 50.7 Å². The molecule has 4 nitrogen and oxygen atoms in total. The van der Waals surface area contributed by atoms with E-state index < -0.39 is 0 Å². The highest BCUT2D eigenvalue weighted by Crippen LogP contribution is 2.20. The molecule has 0 aromatic heterocycles. The summed E-state index contributed by atoms with van der Waals surface area (Å²) in [4.78, 5) is 12.0. The Bertz CT molecular complexity index is 1130. The van der Waals surface area contributed by atoms with Gasteiger partial charge in [0.1, 0.15) is 12.4 Å². The summed E-state index contributed by atoms with van der Waals surface area (Å²) < 4.78 is 5.94. The first-order valence-electron chi connectivity index (χ1n) is 9.37. The molecule has 0 radical (unpaired) electrons. The number of nitrogens with zero attached hydrogens (tertiary/aromatic N) is 1. The average molecular weight is 380 g/mol. The average Bonchev–Trinajstić information content (AvgIpc) is 2.79. The van der Waals surface area contributed by atoms with E-state index in [9.17, 15) is 4.79 Å². The van der Waals surface area contributed by atoms with E-state index in [-0.39, 0.29) is 5.91 Å². The number of nitrogens with one attached hydrogen (secondary N) is 1. The molecular formula is C25H20N2O2. The van der Waals surface area contributed by atoms with Gasteiger partial charge >= 0.3 is 0 Å². The van der Waals surface area contributed by atoms with E-state index in [0.717, 1.165) is 16.9 Å². The van der Waals surface area contributed by atoms with Crippen LogP contribution in [0, 0.1) is 0 Å². The fraction of sp³-hybridized carbons (Fsp3) is 0.0400. The monoisotopic (exact) mass is 380 g/mol. The Morgan fingerprint density at radius 3 is 2.38 bits per heavy atom. The summed E-state index contributed by atoms with van der Waals surface area (Å²) >= 11 is 0. The predicted octanol–water partition coefficient (Wildman–Crippen LogP) is 5.18. The Morgan fingerprint density at radius 2 is 1.55 bits per heavy atom. The maximum Gasteiger partial charge on any atom is 0.271 e. The van der Waals surface area contributed by atoms with Gasteiger partial charge in [0.15, 0.2) is 0 Å². The molecular weight excluding hydrogens is 360 g/mol. The fourth-order valence-corrected chi connectivity index (χ4v) is 3.05. The van der Waals surface area contributed by atoms with E-state index >= 15 is 0 Å². The minimum atomic E-state index is -0.239. The van der Waals surface area contributed by atoms with E-state index in [0.29, 0.717) is 12.2 Å². The molecule has 29 heavy (non-hydrogen) atoms. The van der Waals surface area contributed by atoms with Gasteiger partial charge in [-0.25, -0.2) is 5.43 Å². The number of hydrazone groups is 1. The Balaban J connectivity index is 1.35. The number of rotatable bonds is 6. The van der Waals surface area contributed by atoms with Crippen molar-refractivity contribution in [1.82, 2.24) is 5.43 Å². The molecule has 142 valence electrons. The summed E-state index contributed by atoms with van der Waals surface area (Å²) in [5, 5.41) is 6.42. The van der Waals surface area contributed by atoms with Gasteiger partial charge in [-0.3, -0.25) is 4.79 Å². The zero-order valence-corrected chi connectivity index (χ0v) is 15.8. The number of hydrogen-bond acceptors (Lipinski definition) is 3. The lowest BCUT2D eigenvalue weighted by Crippen LogP contribution is -2.17. The van der Waals surface area contributed by atoms with Crippen LogP contribution in [0.1, 0.15) is 21.5 Å². The Hall–Kier alpha value is -3.92. The molecule has 4 aromatic carbocycles. The number of fused-ring (bicyclic) bond motifs is 1. The van der Waals surface area contributed by atoms with Crippen LogP contribution in [0.25, 0.3) is 10.8 Å². The predicted molar refractivity (Wildman–Crippen MR) is 116 cm³/mol. The van der Waals surface area contributed by atoms with Gasteiger partial charge in [-0.2, -0.15) is 5.10 Å². The number of carbonyl (C=O) groups excluding carboxylic acids is 1. The first-order valence-corrected chi connectivity index (χ1v) is 9.37. The molecule has 0 fully saturated rings. The molecule has 4 heteroatoms. The Kier molecular flexibility index (Phi) is 5.63. The van der Waals surface area contributed by atoms with Crippen LogP contribution in [0.2, 0.25) is 0 Å². The van der Waals surface area contributed by atoms with Gasteiger partial charge < -0.3 is 4.74 Å². The van der Waals surface area contributed by atoms with Crippen LogP contribution in [-0.4, -0.2) is 12.1 Å². The third-order valence-corrected chi connectivity index (χ3v) is 4.57. The van der Waals surface area contributed by atoms with Crippen molar-refractivity contribution in [1.29, 1.82) is 0 Å². The number of hydrogen-bond donors (Lipinski definition) is 1. The van der Waals surface area contributed by atoms with Crippen molar-refractivity contribution in [3.63, 3.8) is 0 Å². The molecule has 0 unspecified atom stereocenters. The molecule has 0 atom stereocenters. The summed E-state index contributed by atoms with van der Waals surface area (Å²) in [6.45, 7) is 0.502. The molecule has 0 aliphatic carbocycles. The Morgan fingerprint density at radius 1 is 0.828 bits per heavy atom. The molecule has 0 saturated carbocycles. The Labute approximate surface area is 169 Å². The zero-order chi connectivity index (χ0) is 19.9. The van der Waals surface area contributed by atoms with Crippen molar-refractivity contribution in [2.24, 2.45) is 5.10 Å². The van der Waals surface area contributed by atoms with Crippen LogP contribution < -0.4 is 10.2 Å². The molecule has 0 aliphatic rings. The van der Waals surface area contributed by atoms with E-state index in [1.54, 1.807) is 18.3 Å². The zero-order valence-electron chi connectivity index (χ0n) is 15.8. The summed E-state index contributed by atoms with van der Waals surface area (Å²) in [7, 11) is 0. The summed E-state index contributed by atoms with van der Waals surface area (Å²) in [5.41, 5.74) is 5.12. The molecule has 4 rings (SSSR count). The molecule has 0 saturated heterocycles. The van der Waals surface area contributed by atoms with Gasteiger partial charge in [0, 0.05) is 5.56 Å². The number of amides is 1. The smallest absolute Gasteiger partial charge is 0.271 e. The lowest BCUT2D eigenvalue weighted by Gasteiger charge is -2.09. The van der Waals surface area contributed by atoms with Crippen molar-refractivity contribution < 1.29 is 9.53 Å². The number of benzene rings is 4. The largest absolute Gasteiger partial charge is 0.489 e. The third-order valence-electron chi connectivity index (χ3n) is 4.57. The van der Waals surface area contributed by atoms with E-state index in [4.69, 9.17) is 4.74 Å². The lowest BCUT2D eigenvalue weighted by atomic mass is 10.1. The maximum atomic E-state index is 12.0. The van der Waals surface area contributed by atoms with Crippen LogP contribution in [0.4, 0.5) is 0 Å². The second-order valence-corrected chi connectivity index (χ2v) is 6.56. The highest BCUT2D eigenvalue weighted by Gasteiger charge is 2.03. The third kappa shape index (κ3) is 4.68. The van der Waals surface area contributed by atoms with Gasteiger partial charge in [-0.15, -0.1) is 0 Å². The SMILES string of the molecule is O=C(N/N=C\c1ccc(OCc2cccc3ccccc23)cc1)c1ccccc1. The van der Waals surface area contributed by atoms with E-state index in [2.05, 4.69) is 34.8 Å². The number of ether oxygens (including phenoxy) is 1. The van der Waals surface area contributed by atoms with Gasteiger partial charge in [0.05, 0.1) is 6.21 Å². The van der Waals surface area contributed by atoms with Gasteiger partial charge in [0.2, 0.25) is 0 Å². The molecule has 1 N–H and O–H groups in total. The molecule has 0 heterocycles. The lowest BCUT2D eigenvalue weighted by molar-refractivity contribution is 0.0955. The summed E-state index contributed by atoms with van der Waals surface area (Å²) in [5.74, 6) is 0.542. The van der Waals surface area contributed by atoms with Gasteiger partial charge in [0.25, 0.3) is 5.91 Å². The van der Waals surface area contributed by atoms with Crippen molar-refractivity contribution in [3.8, 4) is 5.75 Å². The van der Waals surface area contributed by atoms with Crippen LogP contribution in [0.15, 0.2) is 102 Å². The minimum absolute atomic E-state index is 0.239. The molecule has 0 aliphatic heterocycles. The summed E-state index contributed by atoms with van der Waals surface area (Å²) in [6, 6.07) is 31.1. The second-order valence-electron chi connectivity index (χ2n) is 6.56. The molecule has 1 amide bonds. The van der Waals surface area contributed by atoms with Crippen molar-refractivity contribution in [2.45, 2.75) is 6.61 Å². The molecule has 0 spiro atoms. The van der Waals surface area contributed by atoms with Crippen molar-refractivity contribution in [2.75, 3.05) is 0 Å². The van der Waals surface area contributed by atoms with Crippen LogP contribution in [-0.2, 0) is 6.61 Å². The first-order chi connectivity index (χ1) is 14.3. The quantitative estimate of drug-likeness (QED) is 0.370.